The number of H-pyrrole nitrogens is 1. The predicted octanol–water partition coefficient (Wildman–Crippen LogP) is 2.02. The number of piperidine rings is 1. The van der Waals surface area contributed by atoms with Gasteiger partial charge in [0.25, 0.3) is 17.4 Å². The molecule has 154 valence electrons. The van der Waals surface area contributed by atoms with Gasteiger partial charge in [-0.1, -0.05) is 13.3 Å². The standard InChI is InChI=1S/C21H26N4O4/c1-3-8-15-16(19(26)23(2)22-15)17-18(24-10-5-4-6-11-24)21(28)25(20(17)27)13-14-9-7-12-29-14/h7,9,12,22H,3-6,8,10-11,13H2,1-2H3. The van der Waals surface area contributed by atoms with Gasteiger partial charge in [0.05, 0.1) is 23.9 Å². The third kappa shape index (κ3) is 3.32. The molecule has 1 N–H and O–H groups in total. The molecule has 4 heterocycles. The lowest BCUT2D eigenvalue weighted by molar-refractivity contribution is -0.138. The second-order valence-electron chi connectivity index (χ2n) is 7.63. The maximum atomic E-state index is 13.4. The largest absolute Gasteiger partial charge is 0.467 e. The number of carbonyl (C=O) groups excluding carboxylic acids is 2. The van der Waals surface area contributed by atoms with Gasteiger partial charge in [0, 0.05) is 25.8 Å². The molecule has 2 amide bonds. The highest BCUT2D eigenvalue weighted by atomic mass is 16.3. The Labute approximate surface area is 168 Å². The minimum absolute atomic E-state index is 0.0549. The average Bonchev–Trinajstić information content (AvgIpc) is 3.38. The summed E-state index contributed by atoms with van der Waals surface area (Å²) in [5.41, 5.74) is 1.34. The Morgan fingerprint density at radius 1 is 1.10 bits per heavy atom. The summed E-state index contributed by atoms with van der Waals surface area (Å²) in [7, 11) is 1.63. The Hall–Kier alpha value is -3.03. The van der Waals surface area contributed by atoms with E-state index in [-0.39, 0.29) is 23.6 Å². The fraction of sp³-hybridized carbons (Fsp3) is 0.476. The zero-order valence-corrected chi connectivity index (χ0v) is 16.9. The Kier molecular flexibility index (Phi) is 5.17. The SMILES string of the molecule is CCCc1[nH]n(C)c(=O)c1C1=C(N2CCCCC2)C(=O)N(Cc2ccco2)C1=O. The molecule has 0 aromatic carbocycles. The summed E-state index contributed by atoms with van der Waals surface area (Å²) >= 11 is 0. The van der Waals surface area contributed by atoms with E-state index in [0.29, 0.717) is 42.2 Å². The molecule has 0 atom stereocenters. The van der Waals surface area contributed by atoms with Crippen molar-refractivity contribution >= 4 is 17.4 Å². The molecule has 1 saturated heterocycles. The van der Waals surface area contributed by atoms with Gasteiger partial charge in [-0.3, -0.25) is 29.1 Å². The summed E-state index contributed by atoms with van der Waals surface area (Å²) in [5, 5.41) is 3.06. The lowest BCUT2D eigenvalue weighted by atomic mass is 10.0. The molecule has 2 aromatic heterocycles. The molecule has 2 aliphatic rings. The highest BCUT2D eigenvalue weighted by Crippen LogP contribution is 2.34. The molecule has 0 unspecified atom stereocenters. The van der Waals surface area contributed by atoms with Crippen molar-refractivity contribution in [2.75, 3.05) is 13.1 Å². The number of rotatable bonds is 6. The molecule has 8 heteroatoms. The van der Waals surface area contributed by atoms with Crippen LogP contribution in [-0.2, 0) is 29.6 Å². The fourth-order valence-electron chi connectivity index (χ4n) is 4.20. The Bertz CT molecular complexity index is 1010. The van der Waals surface area contributed by atoms with Gasteiger partial charge in [0.15, 0.2) is 0 Å². The lowest BCUT2D eigenvalue weighted by Crippen LogP contribution is -2.36. The molecule has 0 aliphatic carbocycles. The summed E-state index contributed by atoms with van der Waals surface area (Å²) < 4.78 is 6.74. The van der Waals surface area contributed by atoms with Crippen LogP contribution < -0.4 is 5.56 Å². The van der Waals surface area contributed by atoms with Crippen LogP contribution >= 0.6 is 0 Å². The number of hydrogen-bond acceptors (Lipinski definition) is 5. The molecular weight excluding hydrogens is 372 g/mol. The summed E-state index contributed by atoms with van der Waals surface area (Å²) in [5.74, 6) is -0.253. The smallest absolute Gasteiger partial charge is 0.278 e. The molecule has 0 radical (unpaired) electrons. The number of nitrogens with one attached hydrogen (secondary N) is 1. The van der Waals surface area contributed by atoms with E-state index < -0.39 is 5.91 Å². The van der Waals surface area contributed by atoms with E-state index in [2.05, 4.69) is 5.10 Å². The number of amides is 2. The minimum Gasteiger partial charge on any atom is -0.467 e. The van der Waals surface area contributed by atoms with Crippen molar-refractivity contribution in [3.63, 3.8) is 0 Å². The topological polar surface area (TPSA) is 91.6 Å². The molecule has 0 saturated carbocycles. The summed E-state index contributed by atoms with van der Waals surface area (Å²) in [6.07, 6.45) is 5.98. The van der Waals surface area contributed by atoms with Crippen LogP contribution in [-0.4, -0.2) is 44.5 Å². The second kappa shape index (κ2) is 7.77. The number of aromatic nitrogens is 2. The number of furan rings is 1. The number of imide groups is 1. The minimum atomic E-state index is -0.430. The van der Waals surface area contributed by atoms with E-state index in [9.17, 15) is 14.4 Å². The van der Waals surface area contributed by atoms with Gasteiger partial charge in [0.2, 0.25) is 0 Å². The van der Waals surface area contributed by atoms with Gasteiger partial charge in [-0.2, -0.15) is 0 Å². The highest BCUT2D eigenvalue weighted by Gasteiger charge is 2.44. The summed E-state index contributed by atoms with van der Waals surface area (Å²) in [6, 6.07) is 3.46. The van der Waals surface area contributed by atoms with Crippen molar-refractivity contribution in [3.8, 4) is 0 Å². The summed E-state index contributed by atoms with van der Waals surface area (Å²) in [4.78, 5) is 42.9. The van der Waals surface area contributed by atoms with Crippen molar-refractivity contribution in [1.82, 2.24) is 19.6 Å². The molecule has 0 bridgehead atoms. The summed E-state index contributed by atoms with van der Waals surface area (Å²) in [6.45, 7) is 3.49. The van der Waals surface area contributed by atoms with Crippen molar-refractivity contribution in [1.29, 1.82) is 0 Å². The number of likely N-dealkylation sites (tertiary alicyclic amines) is 1. The van der Waals surface area contributed by atoms with Gasteiger partial charge in [-0.05, 0) is 37.8 Å². The van der Waals surface area contributed by atoms with Crippen molar-refractivity contribution < 1.29 is 14.0 Å². The quantitative estimate of drug-likeness (QED) is 0.752. The Morgan fingerprint density at radius 2 is 1.86 bits per heavy atom. The zero-order valence-electron chi connectivity index (χ0n) is 16.9. The van der Waals surface area contributed by atoms with E-state index >= 15 is 0 Å². The van der Waals surface area contributed by atoms with Gasteiger partial charge >= 0.3 is 0 Å². The number of hydrogen-bond donors (Lipinski definition) is 1. The third-order valence-electron chi connectivity index (χ3n) is 5.58. The molecule has 29 heavy (non-hydrogen) atoms. The number of aryl methyl sites for hydroxylation is 2. The molecule has 4 rings (SSSR count). The number of nitrogens with zero attached hydrogens (tertiary/aromatic N) is 3. The van der Waals surface area contributed by atoms with E-state index in [1.165, 1.54) is 15.8 Å². The Morgan fingerprint density at radius 3 is 2.52 bits per heavy atom. The number of carbonyl (C=O) groups is 2. The zero-order chi connectivity index (χ0) is 20.5. The van der Waals surface area contributed by atoms with Crippen LogP contribution in [0.3, 0.4) is 0 Å². The average molecular weight is 398 g/mol. The van der Waals surface area contributed by atoms with Gasteiger partial charge < -0.3 is 9.32 Å². The molecular formula is C21H26N4O4. The van der Waals surface area contributed by atoms with E-state index in [1.54, 1.807) is 19.2 Å². The van der Waals surface area contributed by atoms with Crippen molar-refractivity contribution in [3.05, 3.63) is 51.5 Å². The van der Waals surface area contributed by atoms with Gasteiger partial charge in [-0.15, -0.1) is 0 Å². The van der Waals surface area contributed by atoms with Crippen LogP contribution in [0.4, 0.5) is 0 Å². The maximum absolute atomic E-state index is 13.4. The first-order valence-corrected chi connectivity index (χ1v) is 10.2. The molecule has 2 aliphatic heterocycles. The first-order valence-electron chi connectivity index (χ1n) is 10.2. The van der Waals surface area contributed by atoms with E-state index in [0.717, 1.165) is 25.7 Å². The molecule has 1 fully saturated rings. The fourth-order valence-corrected chi connectivity index (χ4v) is 4.20. The van der Waals surface area contributed by atoms with Crippen molar-refractivity contribution in [2.24, 2.45) is 7.05 Å². The number of aromatic amines is 1. The van der Waals surface area contributed by atoms with Gasteiger partial charge in [-0.25, -0.2) is 0 Å². The van der Waals surface area contributed by atoms with E-state index in [4.69, 9.17) is 4.42 Å². The van der Waals surface area contributed by atoms with Crippen LogP contribution in [0.1, 0.15) is 49.6 Å². The predicted molar refractivity (Wildman–Crippen MR) is 107 cm³/mol. The van der Waals surface area contributed by atoms with Crippen LogP contribution in [0.15, 0.2) is 33.3 Å². The highest BCUT2D eigenvalue weighted by molar-refractivity contribution is 6.35. The van der Waals surface area contributed by atoms with Crippen molar-refractivity contribution in [2.45, 2.75) is 45.6 Å². The first kappa shape index (κ1) is 19.3. The normalized spacial score (nSPS) is 17.7. The molecule has 2 aromatic rings. The lowest BCUT2D eigenvalue weighted by Gasteiger charge is -2.29. The maximum Gasteiger partial charge on any atom is 0.278 e. The molecule has 8 nitrogen and oxygen atoms in total. The third-order valence-corrected chi connectivity index (χ3v) is 5.58. The second-order valence-corrected chi connectivity index (χ2v) is 7.63. The van der Waals surface area contributed by atoms with Crippen LogP contribution in [0.2, 0.25) is 0 Å². The first-order chi connectivity index (χ1) is 14.0. The monoisotopic (exact) mass is 398 g/mol. The van der Waals surface area contributed by atoms with Crippen LogP contribution in [0.5, 0.6) is 0 Å². The van der Waals surface area contributed by atoms with Gasteiger partial charge in [0.1, 0.15) is 11.5 Å². The van der Waals surface area contributed by atoms with Crippen LogP contribution in [0.25, 0.3) is 5.57 Å². The molecule has 0 spiro atoms. The Balaban J connectivity index is 1.84. The van der Waals surface area contributed by atoms with Crippen LogP contribution in [0, 0.1) is 0 Å². The van der Waals surface area contributed by atoms with E-state index in [1.807, 2.05) is 11.8 Å².